The number of carbonyl (C=O) groups is 1. The fourth-order valence-corrected chi connectivity index (χ4v) is 4.22. The summed E-state index contributed by atoms with van der Waals surface area (Å²) in [4.78, 5) is 12.0. The van der Waals surface area contributed by atoms with E-state index in [-0.39, 0.29) is 24.6 Å². The normalized spacial score (nSPS) is 24.4. The minimum Gasteiger partial charge on any atom is -0.376 e. The first-order valence-corrected chi connectivity index (χ1v) is 9.67. The highest BCUT2D eigenvalue weighted by molar-refractivity contribution is 7.88. The fourth-order valence-electron chi connectivity index (χ4n) is 3.12. The topological polar surface area (TPSA) is 75.7 Å². The highest BCUT2D eigenvalue weighted by atomic mass is 32.2. The second-order valence-corrected chi connectivity index (χ2v) is 7.97. The van der Waals surface area contributed by atoms with E-state index in [0.717, 1.165) is 51.6 Å². The van der Waals surface area contributed by atoms with Crippen LogP contribution in [0.2, 0.25) is 0 Å². The maximum Gasteiger partial charge on any atom is 0.235 e. The molecule has 1 aliphatic carbocycles. The predicted molar refractivity (Wildman–Crippen MR) is 80.4 cm³/mol. The first kappa shape index (κ1) is 16.7. The van der Waals surface area contributed by atoms with Gasteiger partial charge >= 0.3 is 0 Å². The van der Waals surface area contributed by atoms with E-state index >= 15 is 0 Å². The third-order valence-electron chi connectivity index (χ3n) is 4.26. The van der Waals surface area contributed by atoms with Crippen molar-refractivity contribution in [2.75, 3.05) is 26.0 Å². The Morgan fingerprint density at radius 1 is 1.19 bits per heavy atom. The number of ether oxygens (including phenoxy) is 1. The molecular formula is C14H26N2O4S. The molecule has 21 heavy (non-hydrogen) atoms. The van der Waals surface area contributed by atoms with Crippen LogP contribution in [0.5, 0.6) is 0 Å². The van der Waals surface area contributed by atoms with Gasteiger partial charge in [0.05, 0.1) is 18.9 Å². The van der Waals surface area contributed by atoms with Crippen molar-refractivity contribution in [1.29, 1.82) is 0 Å². The number of rotatable bonds is 6. The van der Waals surface area contributed by atoms with Crippen LogP contribution in [0.4, 0.5) is 0 Å². The molecule has 0 spiro atoms. The number of hydrogen-bond acceptors (Lipinski definition) is 4. The van der Waals surface area contributed by atoms with Gasteiger partial charge in [-0.2, -0.15) is 4.31 Å². The predicted octanol–water partition coefficient (Wildman–Crippen LogP) is 0.876. The van der Waals surface area contributed by atoms with Crippen LogP contribution in [0.25, 0.3) is 0 Å². The first-order valence-electron chi connectivity index (χ1n) is 7.82. The van der Waals surface area contributed by atoms with Gasteiger partial charge in [-0.25, -0.2) is 8.42 Å². The van der Waals surface area contributed by atoms with Gasteiger partial charge in [-0.1, -0.05) is 19.3 Å². The van der Waals surface area contributed by atoms with Gasteiger partial charge in [-0.3, -0.25) is 4.79 Å². The molecule has 0 aromatic carbocycles. The van der Waals surface area contributed by atoms with Crippen molar-refractivity contribution in [1.82, 2.24) is 9.62 Å². The molecule has 2 rings (SSSR count). The first-order chi connectivity index (χ1) is 9.97. The molecule has 0 bridgehead atoms. The van der Waals surface area contributed by atoms with Gasteiger partial charge in [0.1, 0.15) is 0 Å². The Bertz CT molecular complexity index is 440. The summed E-state index contributed by atoms with van der Waals surface area (Å²) in [6.07, 6.45) is 8.18. The Kier molecular flexibility index (Phi) is 6.01. The Labute approximate surface area is 127 Å². The minimum absolute atomic E-state index is 0.0257. The molecule has 1 aliphatic heterocycles. The monoisotopic (exact) mass is 318 g/mol. The van der Waals surface area contributed by atoms with E-state index in [0.29, 0.717) is 6.54 Å². The van der Waals surface area contributed by atoms with E-state index in [2.05, 4.69) is 5.32 Å². The molecule has 6 nitrogen and oxygen atoms in total. The van der Waals surface area contributed by atoms with Crippen LogP contribution in [-0.2, 0) is 19.6 Å². The van der Waals surface area contributed by atoms with E-state index in [1.54, 1.807) is 0 Å². The molecule has 2 fully saturated rings. The fraction of sp³-hybridized carbons (Fsp3) is 0.929. The minimum atomic E-state index is -3.36. The van der Waals surface area contributed by atoms with Crippen LogP contribution in [-0.4, -0.2) is 56.7 Å². The summed E-state index contributed by atoms with van der Waals surface area (Å²) in [5.74, 6) is -0.235. The van der Waals surface area contributed by atoms with Gasteiger partial charge in [0.2, 0.25) is 15.9 Å². The quantitative estimate of drug-likeness (QED) is 0.789. The summed E-state index contributed by atoms with van der Waals surface area (Å²) in [6, 6.07) is -0.0257. The zero-order chi connectivity index (χ0) is 15.3. The smallest absolute Gasteiger partial charge is 0.235 e. The Balaban J connectivity index is 1.86. The summed E-state index contributed by atoms with van der Waals surface area (Å²) in [7, 11) is -3.36. The summed E-state index contributed by atoms with van der Waals surface area (Å²) < 4.78 is 30.7. The number of carbonyl (C=O) groups excluding carboxylic acids is 1. The Hall–Kier alpha value is -0.660. The molecule has 0 aromatic heterocycles. The maximum absolute atomic E-state index is 12.0. The van der Waals surface area contributed by atoms with Crippen LogP contribution >= 0.6 is 0 Å². The van der Waals surface area contributed by atoms with Gasteiger partial charge in [-0.15, -0.1) is 0 Å². The molecule has 0 unspecified atom stereocenters. The zero-order valence-corrected chi connectivity index (χ0v) is 13.5. The molecule has 1 amide bonds. The molecule has 7 heteroatoms. The molecular weight excluding hydrogens is 292 g/mol. The van der Waals surface area contributed by atoms with Crippen LogP contribution < -0.4 is 5.32 Å². The average molecular weight is 318 g/mol. The molecule has 0 radical (unpaired) electrons. The molecule has 1 saturated heterocycles. The number of nitrogens with one attached hydrogen (secondary N) is 1. The van der Waals surface area contributed by atoms with Crippen LogP contribution in [0.3, 0.4) is 0 Å². The lowest BCUT2D eigenvalue weighted by molar-refractivity contribution is -0.122. The maximum atomic E-state index is 12.0. The molecule has 1 heterocycles. The molecule has 1 atom stereocenters. The van der Waals surface area contributed by atoms with Crippen LogP contribution in [0, 0.1) is 0 Å². The molecule has 2 aliphatic rings. The molecule has 1 saturated carbocycles. The summed E-state index contributed by atoms with van der Waals surface area (Å²) in [5, 5.41) is 2.80. The van der Waals surface area contributed by atoms with E-state index in [9.17, 15) is 13.2 Å². The van der Waals surface area contributed by atoms with Crippen molar-refractivity contribution in [2.45, 2.75) is 57.1 Å². The van der Waals surface area contributed by atoms with Crippen molar-refractivity contribution in [3.05, 3.63) is 0 Å². The van der Waals surface area contributed by atoms with Crippen molar-refractivity contribution in [3.8, 4) is 0 Å². The average Bonchev–Trinajstić information content (AvgIpc) is 2.95. The van der Waals surface area contributed by atoms with Crippen molar-refractivity contribution in [2.24, 2.45) is 0 Å². The Morgan fingerprint density at radius 2 is 1.90 bits per heavy atom. The molecule has 0 aromatic rings. The number of sulfonamides is 1. The standard InChI is InChI=1S/C14H26N2O4S/c1-21(18,19)16(12-6-3-2-4-7-12)11-14(17)15-10-13-8-5-9-20-13/h12-13H,2-11H2,1H3,(H,15,17)/t13-/m0/s1. The largest absolute Gasteiger partial charge is 0.376 e. The van der Waals surface area contributed by atoms with Gasteiger partial charge < -0.3 is 10.1 Å². The highest BCUT2D eigenvalue weighted by Gasteiger charge is 2.30. The zero-order valence-electron chi connectivity index (χ0n) is 12.7. The number of nitrogens with zero attached hydrogens (tertiary/aromatic N) is 1. The van der Waals surface area contributed by atoms with Gasteiger partial charge in [0.25, 0.3) is 0 Å². The molecule has 122 valence electrons. The van der Waals surface area contributed by atoms with Gasteiger partial charge in [-0.05, 0) is 25.7 Å². The number of hydrogen-bond donors (Lipinski definition) is 1. The van der Waals surface area contributed by atoms with E-state index in [4.69, 9.17) is 4.74 Å². The summed E-state index contributed by atoms with van der Waals surface area (Å²) >= 11 is 0. The van der Waals surface area contributed by atoms with E-state index in [1.165, 1.54) is 10.6 Å². The molecule has 1 N–H and O–H groups in total. The highest BCUT2D eigenvalue weighted by Crippen LogP contribution is 2.24. The van der Waals surface area contributed by atoms with Crippen molar-refractivity contribution in [3.63, 3.8) is 0 Å². The second-order valence-electron chi connectivity index (χ2n) is 6.04. The van der Waals surface area contributed by atoms with Gasteiger partial charge in [0, 0.05) is 19.2 Å². The van der Waals surface area contributed by atoms with Crippen LogP contribution in [0.1, 0.15) is 44.9 Å². The Morgan fingerprint density at radius 3 is 2.48 bits per heavy atom. The van der Waals surface area contributed by atoms with Gasteiger partial charge in [0.15, 0.2) is 0 Å². The number of amides is 1. The lowest BCUT2D eigenvalue weighted by atomic mass is 9.95. The third-order valence-corrected chi connectivity index (χ3v) is 5.54. The van der Waals surface area contributed by atoms with Crippen LogP contribution in [0.15, 0.2) is 0 Å². The second kappa shape index (κ2) is 7.56. The summed E-state index contributed by atoms with van der Waals surface area (Å²) in [5.41, 5.74) is 0. The van der Waals surface area contributed by atoms with E-state index in [1.807, 2.05) is 0 Å². The van der Waals surface area contributed by atoms with E-state index < -0.39 is 10.0 Å². The third kappa shape index (κ3) is 5.23. The SMILES string of the molecule is CS(=O)(=O)N(CC(=O)NC[C@@H]1CCCO1)C1CCCCC1. The lowest BCUT2D eigenvalue weighted by Crippen LogP contribution is -2.47. The lowest BCUT2D eigenvalue weighted by Gasteiger charge is -2.31. The van der Waals surface area contributed by atoms with Crippen molar-refractivity contribution >= 4 is 15.9 Å². The summed E-state index contributed by atoms with van der Waals surface area (Å²) in [6.45, 7) is 1.15. The van der Waals surface area contributed by atoms with Crippen molar-refractivity contribution < 1.29 is 17.9 Å².